The van der Waals surface area contributed by atoms with Gasteiger partial charge in [-0.2, -0.15) is 0 Å². The Labute approximate surface area is 156 Å². The average molecular weight is 351 g/mol. The zero-order valence-electron chi connectivity index (χ0n) is 16.7. The van der Waals surface area contributed by atoms with Gasteiger partial charge < -0.3 is 10.0 Å². The van der Waals surface area contributed by atoms with Gasteiger partial charge in [-0.15, -0.1) is 0 Å². The highest BCUT2D eigenvalue weighted by Gasteiger charge is 2.14. The standard InChI is InChI=1S/C22H42N2O/c1-2-3-4-5-6-7-8-9-10-11-12-13-14-15-16-17-22-23-18-19-24(22)20-21-25/h10-11,25H,2-9,12-21H2,1H3/b11-10+. The molecule has 1 rings (SSSR count). The van der Waals surface area contributed by atoms with Crippen molar-refractivity contribution in [1.82, 2.24) is 4.90 Å². The van der Waals surface area contributed by atoms with Crippen molar-refractivity contribution in [2.45, 2.75) is 96.8 Å². The number of aliphatic hydroxyl groups excluding tert-OH is 1. The summed E-state index contributed by atoms with van der Waals surface area (Å²) in [6.45, 7) is 5.19. The third-order valence-corrected chi connectivity index (χ3v) is 5.06. The molecule has 1 aliphatic rings. The van der Waals surface area contributed by atoms with Crippen molar-refractivity contribution in [1.29, 1.82) is 0 Å². The molecule has 0 saturated heterocycles. The molecule has 1 heterocycles. The Hall–Kier alpha value is -0.830. The Morgan fingerprint density at radius 1 is 0.880 bits per heavy atom. The lowest BCUT2D eigenvalue weighted by atomic mass is 10.1. The van der Waals surface area contributed by atoms with E-state index < -0.39 is 0 Å². The normalized spacial score (nSPS) is 14.6. The zero-order chi connectivity index (χ0) is 18.0. The van der Waals surface area contributed by atoms with Gasteiger partial charge >= 0.3 is 0 Å². The molecule has 25 heavy (non-hydrogen) atoms. The van der Waals surface area contributed by atoms with E-state index in [1.165, 1.54) is 89.3 Å². The Balaban J connectivity index is 1.82. The highest BCUT2D eigenvalue weighted by atomic mass is 16.3. The van der Waals surface area contributed by atoms with Crippen molar-refractivity contribution in [3.63, 3.8) is 0 Å². The smallest absolute Gasteiger partial charge is 0.0991 e. The van der Waals surface area contributed by atoms with Crippen LogP contribution in [0.4, 0.5) is 0 Å². The van der Waals surface area contributed by atoms with Gasteiger partial charge in [-0.05, 0) is 32.1 Å². The molecule has 0 saturated carbocycles. The lowest BCUT2D eigenvalue weighted by molar-refractivity contribution is 0.255. The maximum absolute atomic E-state index is 9.05. The average Bonchev–Trinajstić information content (AvgIpc) is 3.06. The Bertz CT molecular complexity index is 352. The fraction of sp³-hybridized carbons (Fsp3) is 0.864. The molecule has 0 amide bonds. The summed E-state index contributed by atoms with van der Waals surface area (Å²) >= 11 is 0. The van der Waals surface area contributed by atoms with Gasteiger partial charge in [0.1, 0.15) is 0 Å². The van der Waals surface area contributed by atoms with Crippen molar-refractivity contribution in [3.05, 3.63) is 12.2 Å². The SMILES string of the molecule is CCCCCCCCC/C=C/CCCCCCC1=NCCN1CCO. The Morgan fingerprint density at radius 3 is 2.12 bits per heavy atom. The van der Waals surface area contributed by atoms with Crippen LogP contribution >= 0.6 is 0 Å². The number of nitrogens with zero attached hydrogens (tertiary/aromatic N) is 2. The minimum atomic E-state index is 0.240. The van der Waals surface area contributed by atoms with Crippen LogP contribution in [-0.2, 0) is 0 Å². The Kier molecular flexibility index (Phi) is 14.8. The molecule has 0 atom stereocenters. The summed E-state index contributed by atoms with van der Waals surface area (Å²) in [5.41, 5.74) is 0. The van der Waals surface area contributed by atoms with E-state index in [2.05, 4.69) is 29.0 Å². The van der Waals surface area contributed by atoms with Crippen LogP contribution in [0.25, 0.3) is 0 Å². The van der Waals surface area contributed by atoms with E-state index in [0.717, 1.165) is 26.1 Å². The largest absolute Gasteiger partial charge is 0.395 e. The molecule has 1 N–H and O–H groups in total. The maximum atomic E-state index is 9.05. The lowest BCUT2D eigenvalue weighted by Gasteiger charge is -2.18. The van der Waals surface area contributed by atoms with Crippen LogP contribution in [-0.4, -0.2) is 42.1 Å². The van der Waals surface area contributed by atoms with Crippen LogP contribution in [0.3, 0.4) is 0 Å². The molecule has 0 aromatic heterocycles. The number of amidine groups is 1. The first-order valence-corrected chi connectivity index (χ1v) is 10.9. The molecule has 3 heteroatoms. The van der Waals surface area contributed by atoms with E-state index in [-0.39, 0.29) is 6.61 Å². The highest BCUT2D eigenvalue weighted by molar-refractivity contribution is 5.83. The van der Waals surface area contributed by atoms with Gasteiger partial charge in [0.2, 0.25) is 0 Å². The van der Waals surface area contributed by atoms with E-state index in [1.807, 2.05) is 0 Å². The number of hydrogen-bond acceptors (Lipinski definition) is 3. The van der Waals surface area contributed by atoms with E-state index in [1.54, 1.807) is 0 Å². The van der Waals surface area contributed by atoms with Crippen LogP contribution in [0.5, 0.6) is 0 Å². The summed E-state index contributed by atoms with van der Waals surface area (Å²) in [5.74, 6) is 1.23. The predicted octanol–water partition coefficient (Wildman–Crippen LogP) is 5.73. The predicted molar refractivity (Wildman–Crippen MR) is 110 cm³/mol. The third-order valence-electron chi connectivity index (χ3n) is 5.06. The number of aliphatic hydroxyl groups is 1. The Morgan fingerprint density at radius 2 is 1.48 bits per heavy atom. The van der Waals surface area contributed by atoms with E-state index >= 15 is 0 Å². The van der Waals surface area contributed by atoms with Crippen molar-refractivity contribution in [2.24, 2.45) is 4.99 Å². The molecule has 0 unspecified atom stereocenters. The number of hydrogen-bond donors (Lipinski definition) is 1. The first-order chi connectivity index (χ1) is 12.4. The molecule has 0 spiro atoms. The van der Waals surface area contributed by atoms with Crippen LogP contribution in [0, 0.1) is 0 Å². The summed E-state index contributed by atoms with van der Waals surface area (Å²) in [6, 6.07) is 0. The number of aliphatic imine (C=N–C) groups is 1. The zero-order valence-corrected chi connectivity index (χ0v) is 16.7. The van der Waals surface area contributed by atoms with Crippen molar-refractivity contribution >= 4 is 5.84 Å². The molecular formula is C22H42N2O. The van der Waals surface area contributed by atoms with E-state index in [9.17, 15) is 0 Å². The summed E-state index contributed by atoms with van der Waals surface area (Å²) in [6.07, 6.45) is 23.4. The van der Waals surface area contributed by atoms with Gasteiger partial charge in [0.15, 0.2) is 0 Å². The third kappa shape index (κ3) is 12.2. The van der Waals surface area contributed by atoms with Crippen molar-refractivity contribution < 1.29 is 5.11 Å². The van der Waals surface area contributed by atoms with Gasteiger partial charge in [0.05, 0.1) is 19.0 Å². The molecule has 146 valence electrons. The quantitative estimate of drug-likeness (QED) is 0.268. The number of β-amino-alcohol motifs (C(OH)–C–C–N with tert-alkyl or cyclic N) is 1. The van der Waals surface area contributed by atoms with Crippen LogP contribution in [0.15, 0.2) is 17.1 Å². The molecular weight excluding hydrogens is 308 g/mol. The monoisotopic (exact) mass is 350 g/mol. The number of rotatable bonds is 17. The number of unbranched alkanes of at least 4 members (excludes halogenated alkanes) is 11. The van der Waals surface area contributed by atoms with Crippen LogP contribution < -0.4 is 0 Å². The molecule has 0 radical (unpaired) electrons. The van der Waals surface area contributed by atoms with Crippen LogP contribution in [0.1, 0.15) is 96.8 Å². The van der Waals surface area contributed by atoms with Gasteiger partial charge in [0, 0.05) is 19.5 Å². The molecule has 0 aromatic rings. The van der Waals surface area contributed by atoms with Gasteiger partial charge in [0.25, 0.3) is 0 Å². The fourth-order valence-corrected chi connectivity index (χ4v) is 3.48. The second-order valence-electron chi connectivity index (χ2n) is 7.34. The molecule has 0 bridgehead atoms. The van der Waals surface area contributed by atoms with Gasteiger partial charge in [-0.25, -0.2) is 0 Å². The molecule has 0 aromatic carbocycles. The second-order valence-corrected chi connectivity index (χ2v) is 7.34. The highest BCUT2D eigenvalue weighted by Crippen LogP contribution is 2.12. The van der Waals surface area contributed by atoms with Gasteiger partial charge in [-0.3, -0.25) is 4.99 Å². The number of allylic oxidation sites excluding steroid dienone is 2. The summed E-state index contributed by atoms with van der Waals surface area (Å²) < 4.78 is 0. The maximum Gasteiger partial charge on any atom is 0.0991 e. The second kappa shape index (κ2) is 16.6. The lowest BCUT2D eigenvalue weighted by Crippen LogP contribution is -2.30. The van der Waals surface area contributed by atoms with Crippen LogP contribution in [0.2, 0.25) is 0 Å². The molecule has 1 aliphatic heterocycles. The summed E-state index contributed by atoms with van der Waals surface area (Å²) in [4.78, 5) is 6.80. The minimum Gasteiger partial charge on any atom is -0.395 e. The first kappa shape index (κ1) is 22.2. The fourth-order valence-electron chi connectivity index (χ4n) is 3.48. The minimum absolute atomic E-state index is 0.240. The van der Waals surface area contributed by atoms with E-state index in [4.69, 9.17) is 5.11 Å². The summed E-state index contributed by atoms with van der Waals surface area (Å²) in [5, 5.41) is 9.05. The van der Waals surface area contributed by atoms with Crippen molar-refractivity contribution in [2.75, 3.05) is 26.2 Å². The first-order valence-electron chi connectivity index (χ1n) is 10.9. The molecule has 0 aliphatic carbocycles. The molecule has 0 fully saturated rings. The van der Waals surface area contributed by atoms with E-state index in [0.29, 0.717) is 0 Å². The van der Waals surface area contributed by atoms with Crippen molar-refractivity contribution in [3.8, 4) is 0 Å². The van der Waals surface area contributed by atoms with Gasteiger partial charge in [-0.1, -0.05) is 70.4 Å². The molecule has 3 nitrogen and oxygen atoms in total. The topological polar surface area (TPSA) is 35.8 Å². The summed E-state index contributed by atoms with van der Waals surface area (Å²) in [7, 11) is 0.